The number of nitrogens with two attached hydrogens (primary N) is 1. The molecular weight excluding hydrogens is 821 g/mol. The number of benzene rings is 4. The Kier molecular flexibility index (Phi) is 14.7. The topological polar surface area (TPSA) is 179 Å². The highest BCUT2D eigenvalue weighted by molar-refractivity contribution is 6.00. The normalized spacial score (nSPS) is 18.7. The van der Waals surface area contributed by atoms with Gasteiger partial charge in [-0.05, 0) is 109 Å². The van der Waals surface area contributed by atoms with Crippen molar-refractivity contribution in [3.05, 3.63) is 143 Å². The number of aryl methyl sites for hydroxylation is 2. The molecule has 2 spiro atoms. The third-order valence-electron chi connectivity index (χ3n) is 12.8. The number of anilines is 2. The SMILES string of the molecule is Cc1cc(C(=O)NCc2ccccc2)cc2cc(NC3CCC4(CC3)OCCO4)ncc12.Cc1cc(C(=O)O)cc2cc(NC3CCC4(CC3)OCCO4)ncc12.NCc1ccccc1. The fourth-order valence-electron chi connectivity index (χ4n) is 9.18. The van der Waals surface area contributed by atoms with Crippen LogP contribution in [-0.2, 0) is 32.0 Å². The largest absolute Gasteiger partial charge is 0.478 e. The van der Waals surface area contributed by atoms with Gasteiger partial charge in [-0.1, -0.05) is 60.7 Å². The van der Waals surface area contributed by atoms with Crippen LogP contribution in [0.1, 0.15) is 94.3 Å². The maximum absolute atomic E-state index is 12.8. The minimum atomic E-state index is -0.912. The van der Waals surface area contributed by atoms with Crippen LogP contribution in [0.3, 0.4) is 0 Å². The van der Waals surface area contributed by atoms with Gasteiger partial charge in [0.15, 0.2) is 11.6 Å². The highest BCUT2D eigenvalue weighted by atomic mass is 16.7. The molecule has 6 aromatic rings. The van der Waals surface area contributed by atoms with Gasteiger partial charge in [-0.2, -0.15) is 0 Å². The van der Waals surface area contributed by atoms with Gasteiger partial charge in [0.1, 0.15) is 11.6 Å². The van der Waals surface area contributed by atoms with E-state index in [1.165, 1.54) is 5.56 Å². The summed E-state index contributed by atoms with van der Waals surface area (Å²) in [6.07, 6.45) is 11.2. The first kappa shape index (κ1) is 45.6. The van der Waals surface area contributed by atoms with E-state index >= 15 is 0 Å². The number of rotatable bonds is 9. The summed E-state index contributed by atoms with van der Waals surface area (Å²) in [6, 6.07) is 31.8. The van der Waals surface area contributed by atoms with E-state index in [0.717, 1.165) is 101 Å². The van der Waals surface area contributed by atoms with Crippen molar-refractivity contribution in [2.75, 3.05) is 37.1 Å². The first-order valence-electron chi connectivity index (χ1n) is 22.8. The highest BCUT2D eigenvalue weighted by Gasteiger charge is 2.41. The summed E-state index contributed by atoms with van der Waals surface area (Å²) in [5.74, 6) is -0.0715. The molecule has 340 valence electrons. The smallest absolute Gasteiger partial charge is 0.335 e. The molecule has 2 saturated carbocycles. The Bertz CT molecular complexity index is 2540. The van der Waals surface area contributed by atoms with Crippen molar-refractivity contribution in [2.45, 2.75) is 102 Å². The summed E-state index contributed by atoms with van der Waals surface area (Å²) in [5.41, 5.74) is 10.5. The number of amides is 1. The molecule has 10 rings (SSSR count). The Morgan fingerprint density at radius 1 is 0.631 bits per heavy atom. The van der Waals surface area contributed by atoms with Gasteiger partial charge in [-0.15, -0.1) is 0 Å². The van der Waals surface area contributed by atoms with Gasteiger partial charge >= 0.3 is 5.97 Å². The van der Waals surface area contributed by atoms with Gasteiger partial charge in [-0.25, -0.2) is 14.8 Å². The third-order valence-corrected chi connectivity index (χ3v) is 12.8. The summed E-state index contributed by atoms with van der Waals surface area (Å²) in [7, 11) is 0. The van der Waals surface area contributed by atoms with Crippen LogP contribution < -0.4 is 21.7 Å². The van der Waals surface area contributed by atoms with Crippen molar-refractivity contribution in [3.8, 4) is 0 Å². The lowest BCUT2D eigenvalue weighted by molar-refractivity contribution is -0.178. The maximum atomic E-state index is 12.8. The Morgan fingerprint density at radius 3 is 1.49 bits per heavy atom. The zero-order valence-electron chi connectivity index (χ0n) is 37.3. The minimum absolute atomic E-state index is 0.0701. The second-order valence-electron chi connectivity index (χ2n) is 17.4. The number of carboxylic acid groups (broad SMARTS) is 1. The molecule has 2 aliphatic carbocycles. The van der Waals surface area contributed by atoms with E-state index in [9.17, 15) is 14.7 Å². The lowest BCUT2D eigenvalue weighted by atomic mass is 9.90. The number of hydrogen-bond donors (Lipinski definition) is 5. The number of pyridine rings is 2. The number of hydrogen-bond acceptors (Lipinski definition) is 11. The molecule has 0 unspecified atom stereocenters. The molecule has 0 radical (unpaired) electrons. The first-order chi connectivity index (χ1) is 31.6. The van der Waals surface area contributed by atoms with Gasteiger partial charge in [0, 0.05) is 79.6 Å². The zero-order valence-corrected chi connectivity index (χ0v) is 37.3. The number of carbonyl (C=O) groups excluding carboxylic acids is 1. The Morgan fingerprint density at radius 2 is 1.06 bits per heavy atom. The number of ether oxygens (including phenoxy) is 4. The van der Waals surface area contributed by atoms with Crippen LogP contribution in [0.25, 0.3) is 21.5 Å². The van der Waals surface area contributed by atoms with Crippen molar-refractivity contribution in [2.24, 2.45) is 5.73 Å². The van der Waals surface area contributed by atoms with Crippen LogP contribution in [0.2, 0.25) is 0 Å². The molecule has 2 aliphatic heterocycles. The predicted molar refractivity (Wildman–Crippen MR) is 253 cm³/mol. The van der Waals surface area contributed by atoms with Crippen LogP contribution in [0.4, 0.5) is 11.6 Å². The maximum Gasteiger partial charge on any atom is 0.335 e. The molecular formula is C52H60N6O7. The highest BCUT2D eigenvalue weighted by Crippen LogP contribution is 2.38. The van der Waals surface area contributed by atoms with E-state index < -0.39 is 5.97 Å². The van der Waals surface area contributed by atoms with E-state index in [-0.39, 0.29) is 17.5 Å². The molecule has 4 heterocycles. The van der Waals surface area contributed by atoms with E-state index in [2.05, 4.69) is 25.9 Å². The van der Waals surface area contributed by atoms with Crippen LogP contribution in [0, 0.1) is 13.8 Å². The molecule has 65 heavy (non-hydrogen) atoms. The summed E-state index contributed by atoms with van der Waals surface area (Å²) in [4.78, 5) is 33.2. The summed E-state index contributed by atoms with van der Waals surface area (Å²) < 4.78 is 23.2. The van der Waals surface area contributed by atoms with Crippen molar-refractivity contribution in [1.29, 1.82) is 0 Å². The molecule has 0 bridgehead atoms. The van der Waals surface area contributed by atoms with Gasteiger partial charge in [-0.3, -0.25) is 4.79 Å². The zero-order chi connectivity index (χ0) is 45.2. The van der Waals surface area contributed by atoms with Crippen molar-refractivity contribution in [1.82, 2.24) is 15.3 Å². The van der Waals surface area contributed by atoms with E-state index in [4.69, 9.17) is 24.7 Å². The molecule has 2 aromatic heterocycles. The number of nitrogens with zero attached hydrogens (tertiary/aromatic N) is 2. The lowest BCUT2D eigenvalue weighted by Crippen LogP contribution is -2.39. The standard InChI is InChI=1S/C26H29N3O3.C19H22N2O4.C7H9N/c1-18-13-21(25(30)28-16-19-5-3-2-4-6-19)14-20-15-24(27-17-23(18)20)29-22-7-9-26(10-8-22)31-11-12-32-26;1-12-8-14(18(22)23)9-13-10-17(20-11-16(12)13)21-15-2-4-19(5-3-15)24-6-7-25-19;8-6-7-4-2-1-3-5-7/h2-6,13-15,17,22H,7-12,16H2,1H3,(H,27,29)(H,28,30);8-11,15H,2-7H2,1H3,(H,20,21)(H,22,23);1-5H,6,8H2. The molecule has 1 amide bonds. The number of fused-ring (bicyclic) bond motifs is 2. The Labute approximate surface area is 380 Å². The second-order valence-corrected chi connectivity index (χ2v) is 17.4. The number of carboxylic acids is 1. The monoisotopic (exact) mass is 880 g/mol. The Balaban J connectivity index is 0.000000155. The lowest BCUT2D eigenvalue weighted by Gasteiger charge is -2.35. The third kappa shape index (κ3) is 11.7. The molecule has 2 saturated heterocycles. The van der Waals surface area contributed by atoms with Gasteiger partial charge < -0.3 is 45.7 Å². The molecule has 4 fully saturated rings. The second kappa shape index (κ2) is 20.9. The van der Waals surface area contributed by atoms with E-state index in [1.807, 2.05) is 111 Å². The number of aromatic nitrogens is 2. The summed E-state index contributed by atoms with van der Waals surface area (Å²) in [6.45, 7) is 7.86. The first-order valence-corrected chi connectivity index (χ1v) is 22.8. The molecule has 13 heteroatoms. The van der Waals surface area contributed by atoms with Crippen molar-refractivity contribution in [3.63, 3.8) is 0 Å². The number of aromatic carboxylic acids is 1. The van der Waals surface area contributed by atoms with Crippen molar-refractivity contribution < 1.29 is 33.6 Å². The average molecular weight is 881 g/mol. The quantitative estimate of drug-likeness (QED) is 0.0932. The van der Waals surface area contributed by atoms with Crippen LogP contribution >= 0.6 is 0 Å². The summed E-state index contributed by atoms with van der Waals surface area (Å²) in [5, 5.41) is 23.3. The Hall–Kier alpha value is -5.96. The van der Waals surface area contributed by atoms with E-state index in [0.29, 0.717) is 62.7 Å². The van der Waals surface area contributed by atoms with Crippen LogP contribution in [0.15, 0.2) is 109 Å². The van der Waals surface area contributed by atoms with Crippen molar-refractivity contribution >= 4 is 45.1 Å². The van der Waals surface area contributed by atoms with Crippen LogP contribution in [-0.4, -0.2) is 77.0 Å². The predicted octanol–water partition coefficient (Wildman–Crippen LogP) is 9.06. The molecule has 13 nitrogen and oxygen atoms in total. The number of carbonyl (C=O) groups is 2. The number of nitrogens with one attached hydrogen (secondary N) is 3. The average Bonchev–Trinajstić information content (AvgIpc) is 4.00. The fourth-order valence-corrected chi connectivity index (χ4v) is 9.18. The van der Waals surface area contributed by atoms with Gasteiger partial charge in [0.05, 0.1) is 32.0 Å². The minimum Gasteiger partial charge on any atom is -0.478 e. The van der Waals surface area contributed by atoms with Crippen LogP contribution in [0.5, 0.6) is 0 Å². The molecule has 6 N–H and O–H groups in total. The molecule has 0 atom stereocenters. The summed E-state index contributed by atoms with van der Waals surface area (Å²) >= 11 is 0. The molecule has 4 aromatic carbocycles. The fraction of sp³-hybridized carbons (Fsp3) is 0.385. The molecule has 4 aliphatic rings. The van der Waals surface area contributed by atoms with E-state index in [1.54, 1.807) is 12.1 Å². The van der Waals surface area contributed by atoms with Gasteiger partial charge in [0.25, 0.3) is 5.91 Å². The van der Waals surface area contributed by atoms with Gasteiger partial charge in [0.2, 0.25) is 0 Å².